The molecule has 1 amide bonds. The Balaban J connectivity index is 1.93. The number of benzene rings is 2. The number of nitrogens with one attached hydrogen (secondary N) is 3. The highest BCUT2D eigenvalue weighted by atomic mass is 32.2. The molecule has 0 saturated heterocycles. The number of nitrogen functional groups attached to an aromatic ring is 1. The number of sulfonamides is 1. The molecule has 0 bridgehead atoms. The van der Waals surface area contributed by atoms with E-state index in [1.54, 1.807) is 37.3 Å². The van der Waals surface area contributed by atoms with E-state index in [0.717, 1.165) is 0 Å². The Morgan fingerprint density at radius 3 is 2.42 bits per heavy atom. The number of anilines is 1. The monoisotopic (exact) mass is 476 g/mol. The number of amides is 1. The second kappa shape index (κ2) is 12.0. The first-order valence-electron chi connectivity index (χ1n) is 10.3. The molecule has 10 nitrogen and oxygen atoms in total. The normalized spacial score (nSPS) is 11.1. The number of carbonyl (C=O) groups excluding carboxylic acids is 1. The Morgan fingerprint density at radius 2 is 1.82 bits per heavy atom. The molecule has 0 spiro atoms. The van der Waals surface area contributed by atoms with Crippen molar-refractivity contribution in [3.8, 4) is 5.75 Å². The predicted octanol–water partition coefficient (Wildman–Crippen LogP) is 2.08. The lowest BCUT2D eigenvalue weighted by Gasteiger charge is -2.15. The van der Waals surface area contributed by atoms with E-state index >= 15 is 0 Å². The van der Waals surface area contributed by atoms with Gasteiger partial charge < -0.3 is 20.9 Å². The minimum absolute atomic E-state index is 0.00512. The minimum atomic E-state index is -3.92. The van der Waals surface area contributed by atoms with Crippen molar-refractivity contribution in [3.63, 3.8) is 0 Å². The van der Waals surface area contributed by atoms with Crippen molar-refractivity contribution in [2.75, 3.05) is 18.5 Å². The van der Waals surface area contributed by atoms with Gasteiger partial charge in [0.25, 0.3) is 0 Å². The number of hydrogen-bond donors (Lipinski definition) is 5. The molecule has 0 heterocycles. The number of carbonyl (C=O) groups is 2. The van der Waals surface area contributed by atoms with E-state index in [0.29, 0.717) is 42.0 Å². The maximum Gasteiger partial charge on any atom is 0.304 e. The summed E-state index contributed by atoms with van der Waals surface area (Å²) in [5.41, 5.74) is 6.83. The van der Waals surface area contributed by atoms with Crippen LogP contribution in [0, 0.1) is 5.41 Å². The van der Waals surface area contributed by atoms with Crippen molar-refractivity contribution in [2.24, 2.45) is 5.73 Å². The fourth-order valence-electron chi connectivity index (χ4n) is 3.04. The zero-order chi connectivity index (χ0) is 24.4. The molecule has 11 heteroatoms. The van der Waals surface area contributed by atoms with E-state index < -0.39 is 16.0 Å². The van der Waals surface area contributed by atoms with Gasteiger partial charge in [-0.3, -0.25) is 15.0 Å². The van der Waals surface area contributed by atoms with Crippen LogP contribution in [-0.2, 0) is 26.0 Å². The molecule has 2 aromatic rings. The van der Waals surface area contributed by atoms with E-state index in [1.165, 1.54) is 12.1 Å². The number of ether oxygens (including phenoxy) is 1. The first-order valence-corrected chi connectivity index (χ1v) is 11.8. The van der Waals surface area contributed by atoms with Crippen LogP contribution in [0.4, 0.5) is 5.69 Å². The van der Waals surface area contributed by atoms with Crippen LogP contribution in [0.3, 0.4) is 0 Å². The molecule has 0 radical (unpaired) electrons. The van der Waals surface area contributed by atoms with Gasteiger partial charge in [-0.15, -0.1) is 0 Å². The maximum absolute atomic E-state index is 12.6. The van der Waals surface area contributed by atoms with Crippen molar-refractivity contribution in [1.82, 2.24) is 4.72 Å². The predicted molar refractivity (Wildman–Crippen MR) is 124 cm³/mol. The first-order chi connectivity index (χ1) is 15.6. The summed E-state index contributed by atoms with van der Waals surface area (Å²) < 4.78 is 33.0. The van der Waals surface area contributed by atoms with E-state index in [4.69, 9.17) is 21.0 Å². The molecule has 33 heavy (non-hydrogen) atoms. The minimum Gasteiger partial charge on any atom is -0.494 e. The molecular weight excluding hydrogens is 448 g/mol. The Bertz CT molecular complexity index is 1100. The van der Waals surface area contributed by atoms with Gasteiger partial charge in [0.05, 0.1) is 17.9 Å². The molecular formula is C22H28N4O6S. The number of carboxylic acids is 1. The quantitative estimate of drug-likeness (QED) is 0.167. The van der Waals surface area contributed by atoms with Gasteiger partial charge in [0, 0.05) is 24.2 Å². The third kappa shape index (κ3) is 7.88. The number of nitrogens with two attached hydrogens (primary N) is 1. The van der Waals surface area contributed by atoms with Crippen molar-refractivity contribution in [2.45, 2.75) is 37.5 Å². The molecule has 0 atom stereocenters. The van der Waals surface area contributed by atoms with E-state index in [1.807, 2.05) is 0 Å². The maximum atomic E-state index is 12.6. The third-order valence-corrected chi connectivity index (χ3v) is 6.21. The number of carboxylic acid groups (broad SMARTS) is 1. The number of aliphatic carboxylic acids is 1. The highest BCUT2D eigenvalue weighted by molar-refractivity contribution is 7.89. The average Bonchev–Trinajstić information content (AvgIpc) is 2.76. The van der Waals surface area contributed by atoms with Gasteiger partial charge in [-0.25, -0.2) is 13.1 Å². The fourth-order valence-corrected chi connectivity index (χ4v) is 4.40. The number of rotatable bonds is 13. The average molecular weight is 477 g/mol. The van der Waals surface area contributed by atoms with Gasteiger partial charge in [0.2, 0.25) is 15.9 Å². The Hall–Kier alpha value is -3.44. The van der Waals surface area contributed by atoms with Crippen molar-refractivity contribution >= 4 is 33.4 Å². The zero-order valence-corrected chi connectivity index (χ0v) is 19.1. The molecule has 0 aliphatic rings. The highest BCUT2D eigenvalue weighted by Crippen LogP contribution is 2.25. The molecule has 2 rings (SSSR count). The van der Waals surface area contributed by atoms with Crippen LogP contribution in [0.2, 0.25) is 0 Å². The Morgan fingerprint density at radius 1 is 1.12 bits per heavy atom. The van der Waals surface area contributed by atoms with E-state index in [9.17, 15) is 18.0 Å². The lowest BCUT2D eigenvalue weighted by atomic mass is 10.1. The van der Waals surface area contributed by atoms with Gasteiger partial charge in [-0.1, -0.05) is 13.0 Å². The molecule has 2 aromatic carbocycles. The van der Waals surface area contributed by atoms with Gasteiger partial charge in [-0.2, -0.15) is 0 Å². The smallest absolute Gasteiger partial charge is 0.304 e. The molecule has 0 saturated carbocycles. The van der Waals surface area contributed by atoms with Crippen LogP contribution in [-0.4, -0.2) is 44.4 Å². The first kappa shape index (κ1) is 25.8. The van der Waals surface area contributed by atoms with Crippen molar-refractivity contribution in [1.29, 1.82) is 5.41 Å². The zero-order valence-electron chi connectivity index (χ0n) is 18.3. The van der Waals surface area contributed by atoms with Crippen LogP contribution >= 0.6 is 0 Å². The molecule has 6 N–H and O–H groups in total. The van der Waals surface area contributed by atoms with Gasteiger partial charge in [0.15, 0.2) is 0 Å². The molecule has 0 unspecified atom stereocenters. The SMILES string of the molecule is CCc1c(NC(=O)CCCOc2ccc(C(=N)N)cc2)cccc1S(=O)(=O)NCCC(=O)O. The summed E-state index contributed by atoms with van der Waals surface area (Å²) in [7, 11) is -3.92. The molecule has 0 aliphatic heterocycles. The summed E-state index contributed by atoms with van der Waals surface area (Å²) >= 11 is 0. The van der Waals surface area contributed by atoms with Crippen LogP contribution in [0.1, 0.15) is 37.3 Å². The number of amidine groups is 1. The van der Waals surface area contributed by atoms with Crippen molar-refractivity contribution in [3.05, 3.63) is 53.6 Å². The highest BCUT2D eigenvalue weighted by Gasteiger charge is 2.20. The number of hydrogen-bond acceptors (Lipinski definition) is 6. The summed E-state index contributed by atoms with van der Waals surface area (Å²) in [5, 5.41) is 18.8. The standard InChI is InChI=1S/C22H28N4O6S/c1-2-17-18(5-3-6-19(17)33(30,31)25-13-12-21(28)29)26-20(27)7-4-14-32-16-10-8-15(9-11-16)22(23)24/h3,5-6,8-11,25H,2,4,7,12-14H2,1H3,(H3,23,24)(H,26,27)(H,28,29). The van der Waals surface area contributed by atoms with Gasteiger partial charge in [-0.05, 0) is 54.8 Å². The summed E-state index contributed by atoms with van der Waals surface area (Å²) in [5.74, 6) is -0.820. The topological polar surface area (TPSA) is 172 Å². The van der Waals surface area contributed by atoms with Gasteiger partial charge in [0.1, 0.15) is 11.6 Å². The lowest BCUT2D eigenvalue weighted by molar-refractivity contribution is -0.136. The summed E-state index contributed by atoms with van der Waals surface area (Å²) in [4.78, 5) is 23.0. The molecule has 0 aromatic heterocycles. The Labute approximate surface area is 192 Å². The Kier molecular flexibility index (Phi) is 9.37. The lowest BCUT2D eigenvalue weighted by Crippen LogP contribution is -2.27. The van der Waals surface area contributed by atoms with Crippen LogP contribution in [0.25, 0.3) is 0 Å². The van der Waals surface area contributed by atoms with Crippen LogP contribution < -0.4 is 20.5 Å². The second-order valence-corrected chi connectivity index (χ2v) is 8.85. The summed E-state index contributed by atoms with van der Waals surface area (Å²) in [6, 6.07) is 11.3. The fraction of sp³-hybridized carbons (Fsp3) is 0.318. The molecule has 0 fully saturated rings. The van der Waals surface area contributed by atoms with E-state index in [2.05, 4.69) is 10.0 Å². The van der Waals surface area contributed by atoms with Gasteiger partial charge >= 0.3 is 5.97 Å². The van der Waals surface area contributed by atoms with Crippen LogP contribution in [0.5, 0.6) is 5.75 Å². The third-order valence-electron chi connectivity index (χ3n) is 4.66. The molecule has 0 aliphatic carbocycles. The van der Waals surface area contributed by atoms with Crippen LogP contribution in [0.15, 0.2) is 47.4 Å². The summed E-state index contributed by atoms with van der Waals surface area (Å²) in [6.45, 7) is 1.84. The van der Waals surface area contributed by atoms with Crippen molar-refractivity contribution < 1.29 is 27.9 Å². The summed E-state index contributed by atoms with van der Waals surface area (Å²) in [6.07, 6.45) is 0.629. The molecule has 178 valence electrons. The van der Waals surface area contributed by atoms with E-state index in [-0.39, 0.29) is 36.0 Å². The largest absolute Gasteiger partial charge is 0.494 e. The second-order valence-electron chi connectivity index (χ2n) is 7.12.